The fourth-order valence-corrected chi connectivity index (χ4v) is 4.27. The van der Waals surface area contributed by atoms with Gasteiger partial charge in [0.2, 0.25) is 23.6 Å². The van der Waals surface area contributed by atoms with E-state index in [4.69, 9.17) is 22.3 Å². The molecule has 2 saturated heterocycles. The molecule has 34 heavy (non-hydrogen) atoms. The van der Waals surface area contributed by atoms with Gasteiger partial charge in [-0.05, 0) is 38.5 Å². The molecule has 0 radical (unpaired) electrons. The van der Waals surface area contributed by atoms with E-state index >= 15 is 0 Å². The third-order valence-electron chi connectivity index (χ3n) is 5.86. The average molecular weight is 483 g/mol. The number of carbonyl (C=O) groups is 5. The van der Waals surface area contributed by atoms with E-state index in [2.05, 4.69) is 15.6 Å². The lowest BCUT2D eigenvalue weighted by atomic mass is 10.1. The molecule has 0 bridgehead atoms. The Balaban J connectivity index is 2.13. The van der Waals surface area contributed by atoms with E-state index < -0.39 is 48.4 Å². The van der Waals surface area contributed by atoms with Gasteiger partial charge in [-0.3, -0.25) is 29.0 Å². The predicted molar refractivity (Wildman–Crippen MR) is 121 cm³/mol. The van der Waals surface area contributed by atoms with Crippen LogP contribution in [0.25, 0.3) is 0 Å². The monoisotopic (exact) mass is 482 g/mol. The van der Waals surface area contributed by atoms with Crippen molar-refractivity contribution in [1.29, 1.82) is 0 Å². The number of rotatable bonds is 11. The molecule has 2 aliphatic heterocycles. The van der Waals surface area contributed by atoms with Crippen LogP contribution < -0.4 is 27.8 Å². The van der Waals surface area contributed by atoms with Gasteiger partial charge in [0.05, 0.1) is 6.54 Å². The van der Waals surface area contributed by atoms with E-state index in [1.165, 1.54) is 9.80 Å². The SMILES string of the molecule is NCC(=O)N1CCC[C@H]1C(=O)N[C@@H](CCCN=C(N)N)C(=O)N1CCC[C@H]1C(=O)NCC(=O)O. The summed E-state index contributed by atoms with van der Waals surface area (Å²) in [5.74, 6) is -3.12. The van der Waals surface area contributed by atoms with Crippen LogP contribution in [0.4, 0.5) is 0 Å². The van der Waals surface area contributed by atoms with E-state index in [1.807, 2.05) is 0 Å². The van der Waals surface area contributed by atoms with Crippen molar-refractivity contribution in [3.05, 3.63) is 0 Å². The molecular formula is C20H34N8O6. The van der Waals surface area contributed by atoms with E-state index in [-0.39, 0.29) is 31.4 Å². The Morgan fingerprint density at radius 1 is 1.00 bits per heavy atom. The van der Waals surface area contributed by atoms with Gasteiger partial charge in [0, 0.05) is 19.6 Å². The Labute approximate surface area is 197 Å². The quantitative estimate of drug-likeness (QED) is 0.0981. The van der Waals surface area contributed by atoms with Crippen molar-refractivity contribution >= 4 is 35.6 Å². The molecule has 3 atom stereocenters. The fourth-order valence-electron chi connectivity index (χ4n) is 4.27. The van der Waals surface area contributed by atoms with Crippen molar-refractivity contribution in [1.82, 2.24) is 20.4 Å². The molecule has 190 valence electrons. The summed E-state index contributed by atoms with van der Waals surface area (Å²) in [5, 5.41) is 13.8. The van der Waals surface area contributed by atoms with Gasteiger partial charge in [-0.2, -0.15) is 0 Å². The fraction of sp³-hybridized carbons (Fsp3) is 0.700. The Morgan fingerprint density at radius 3 is 2.21 bits per heavy atom. The van der Waals surface area contributed by atoms with Crippen molar-refractivity contribution in [3.63, 3.8) is 0 Å². The standard InChI is InChI=1S/C20H34N8O6/c21-10-15(29)27-8-2-6-14(27)18(33)26-12(4-1-7-24-20(22)23)19(34)28-9-3-5-13(28)17(32)25-11-16(30)31/h12-14H,1-11,21H2,(H,25,32)(H,26,33)(H,30,31)(H4,22,23,24)/t12-,13-,14-/m0/s1. The average Bonchev–Trinajstić information content (AvgIpc) is 3.48. The smallest absolute Gasteiger partial charge is 0.322 e. The van der Waals surface area contributed by atoms with Crippen molar-refractivity contribution in [2.75, 3.05) is 32.7 Å². The molecule has 2 rings (SSSR count). The minimum atomic E-state index is -1.19. The second-order valence-corrected chi connectivity index (χ2v) is 8.26. The van der Waals surface area contributed by atoms with Crippen molar-refractivity contribution in [2.45, 2.75) is 56.7 Å². The molecule has 0 aromatic heterocycles. The van der Waals surface area contributed by atoms with Gasteiger partial charge in [0.15, 0.2) is 5.96 Å². The highest BCUT2D eigenvalue weighted by molar-refractivity contribution is 5.95. The van der Waals surface area contributed by atoms with Gasteiger partial charge in [-0.25, -0.2) is 0 Å². The van der Waals surface area contributed by atoms with Crippen LogP contribution in [-0.4, -0.2) is 101 Å². The summed E-state index contributed by atoms with van der Waals surface area (Å²) in [6.07, 6.45) is 2.63. The zero-order chi connectivity index (χ0) is 25.3. The molecule has 0 saturated carbocycles. The molecule has 0 aromatic rings. The molecule has 0 unspecified atom stereocenters. The number of hydrogen-bond donors (Lipinski definition) is 6. The topological polar surface area (TPSA) is 227 Å². The summed E-state index contributed by atoms with van der Waals surface area (Å²) >= 11 is 0. The first-order valence-electron chi connectivity index (χ1n) is 11.3. The molecule has 0 aliphatic carbocycles. The summed E-state index contributed by atoms with van der Waals surface area (Å²) in [7, 11) is 0. The molecule has 9 N–H and O–H groups in total. The van der Waals surface area contributed by atoms with E-state index in [0.29, 0.717) is 45.2 Å². The summed E-state index contributed by atoms with van der Waals surface area (Å²) in [6.45, 7) is 0.181. The number of amides is 4. The number of nitrogens with one attached hydrogen (secondary N) is 2. The molecule has 4 amide bonds. The molecule has 0 aromatic carbocycles. The van der Waals surface area contributed by atoms with Crippen LogP contribution in [0.1, 0.15) is 38.5 Å². The van der Waals surface area contributed by atoms with Crippen LogP contribution in [0.2, 0.25) is 0 Å². The minimum absolute atomic E-state index is 0.0940. The molecule has 14 heteroatoms. The number of aliphatic carboxylic acids is 1. The molecule has 14 nitrogen and oxygen atoms in total. The number of carboxylic acid groups (broad SMARTS) is 1. The number of aliphatic imine (C=N–C) groups is 1. The molecule has 2 fully saturated rings. The zero-order valence-corrected chi connectivity index (χ0v) is 19.1. The summed E-state index contributed by atoms with van der Waals surface area (Å²) in [6, 6.07) is -2.52. The van der Waals surface area contributed by atoms with E-state index in [9.17, 15) is 24.0 Å². The van der Waals surface area contributed by atoms with Gasteiger partial charge in [0.25, 0.3) is 0 Å². The lowest BCUT2D eigenvalue weighted by molar-refractivity contribution is -0.144. The largest absolute Gasteiger partial charge is 0.480 e. The first-order valence-corrected chi connectivity index (χ1v) is 11.3. The van der Waals surface area contributed by atoms with E-state index in [1.54, 1.807) is 0 Å². The number of likely N-dealkylation sites (tertiary alicyclic amines) is 2. The maximum Gasteiger partial charge on any atom is 0.322 e. The second kappa shape index (κ2) is 12.7. The highest BCUT2D eigenvalue weighted by Crippen LogP contribution is 2.21. The number of carbonyl (C=O) groups excluding carboxylic acids is 4. The highest BCUT2D eigenvalue weighted by atomic mass is 16.4. The van der Waals surface area contributed by atoms with Gasteiger partial charge >= 0.3 is 5.97 Å². The predicted octanol–water partition coefficient (Wildman–Crippen LogP) is -3.33. The summed E-state index contributed by atoms with van der Waals surface area (Å²) in [4.78, 5) is 68.4. The van der Waals surface area contributed by atoms with E-state index in [0.717, 1.165) is 0 Å². The zero-order valence-electron chi connectivity index (χ0n) is 19.1. The van der Waals surface area contributed by atoms with Gasteiger partial charge in [-0.15, -0.1) is 0 Å². The van der Waals surface area contributed by atoms with Crippen LogP contribution in [-0.2, 0) is 24.0 Å². The van der Waals surface area contributed by atoms with Gasteiger partial charge in [0.1, 0.15) is 24.7 Å². The second-order valence-electron chi connectivity index (χ2n) is 8.26. The summed E-state index contributed by atoms with van der Waals surface area (Å²) in [5.41, 5.74) is 16.1. The third kappa shape index (κ3) is 7.30. The van der Waals surface area contributed by atoms with Crippen molar-refractivity contribution in [3.8, 4) is 0 Å². The minimum Gasteiger partial charge on any atom is -0.480 e. The van der Waals surface area contributed by atoms with Crippen LogP contribution in [0.15, 0.2) is 4.99 Å². The molecular weight excluding hydrogens is 448 g/mol. The number of nitrogens with zero attached hydrogens (tertiary/aromatic N) is 3. The number of nitrogens with two attached hydrogens (primary N) is 3. The number of guanidine groups is 1. The third-order valence-corrected chi connectivity index (χ3v) is 5.86. The van der Waals surface area contributed by atoms with Crippen LogP contribution in [0.5, 0.6) is 0 Å². The lowest BCUT2D eigenvalue weighted by Gasteiger charge is -2.30. The number of carboxylic acids is 1. The maximum absolute atomic E-state index is 13.4. The van der Waals surface area contributed by atoms with Crippen LogP contribution in [0, 0.1) is 0 Å². The molecule has 2 heterocycles. The Morgan fingerprint density at radius 2 is 1.62 bits per heavy atom. The van der Waals surface area contributed by atoms with Crippen LogP contribution >= 0.6 is 0 Å². The van der Waals surface area contributed by atoms with Gasteiger partial charge in [-0.1, -0.05) is 0 Å². The van der Waals surface area contributed by atoms with Crippen molar-refractivity contribution < 1.29 is 29.1 Å². The maximum atomic E-state index is 13.4. The first-order chi connectivity index (χ1) is 16.1. The Hall–Kier alpha value is -3.42. The number of hydrogen-bond acceptors (Lipinski definition) is 7. The Kier molecular flexibility index (Phi) is 10.0. The van der Waals surface area contributed by atoms with Gasteiger partial charge < -0.3 is 42.7 Å². The Bertz CT molecular complexity index is 815. The molecule has 2 aliphatic rings. The first kappa shape index (κ1) is 26.8. The molecule has 0 spiro atoms. The van der Waals surface area contributed by atoms with Crippen LogP contribution in [0.3, 0.4) is 0 Å². The summed E-state index contributed by atoms with van der Waals surface area (Å²) < 4.78 is 0. The normalized spacial score (nSPS) is 20.5. The highest BCUT2D eigenvalue weighted by Gasteiger charge is 2.39. The lowest BCUT2D eigenvalue weighted by Crippen LogP contribution is -2.56. The van der Waals surface area contributed by atoms with Crippen molar-refractivity contribution in [2.24, 2.45) is 22.2 Å².